The highest BCUT2D eigenvalue weighted by molar-refractivity contribution is 4.51. The van der Waals surface area contributed by atoms with E-state index in [1.54, 1.807) is 0 Å². The molecule has 0 saturated heterocycles. The fourth-order valence-electron chi connectivity index (χ4n) is 4.13. The number of unbranched alkanes of at least 4 members (excludes halogenated alkanes) is 15. The standard InChI is InChI=1S/C26H55N.ClH/c1-5-7-24-27(6-2)25-22-20-18-16-14-12-10-8-9-11-13-15-17-19-21-23-26(3)4;/h26H,5-25H2,1-4H3;1H. The molecule has 0 spiro atoms. The van der Waals surface area contributed by atoms with Gasteiger partial charge in [0.15, 0.2) is 0 Å². The third kappa shape index (κ3) is 24.3. The third-order valence-corrected chi connectivity index (χ3v) is 6.20. The van der Waals surface area contributed by atoms with Crippen molar-refractivity contribution in [2.45, 2.75) is 143 Å². The van der Waals surface area contributed by atoms with E-state index in [1.807, 2.05) is 4.90 Å². The molecule has 0 aromatic carbocycles. The average molecular weight is 418 g/mol. The maximum absolute atomic E-state index is 2.35. The van der Waals surface area contributed by atoms with Crippen molar-refractivity contribution in [1.29, 1.82) is 0 Å². The molecule has 0 rings (SSSR count). The third-order valence-electron chi connectivity index (χ3n) is 6.20. The van der Waals surface area contributed by atoms with Crippen LogP contribution < -0.4 is 17.3 Å². The van der Waals surface area contributed by atoms with E-state index in [4.69, 9.17) is 0 Å². The van der Waals surface area contributed by atoms with Gasteiger partial charge < -0.3 is 17.3 Å². The molecule has 1 N–H and O–H groups in total. The Bertz CT molecular complexity index is 267. The topological polar surface area (TPSA) is 4.44 Å². The van der Waals surface area contributed by atoms with Crippen LogP contribution in [-0.2, 0) is 0 Å². The summed E-state index contributed by atoms with van der Waals surface area (Å²) in [5.74, 6) is 0.896. The van der Waals surface area contributed by atoms with Crippen molar-refractivity contribution in [3.05, 3.63) is 0 Å². The molecule has 0 aliphatic rings. The van der Waals surface area contributed by atoms with Gasteiger partial charge in [-0.05, 0) is 32.1 Å². The summed E-state index contributed by atoms with van der Waals surface area (Å²) in [6.07, 6.45) is 26.3. The molecular weight excluding hydrogens is 362 g/mol. The van der Waals surface area contributed by atoms with Gasteiger partial charge in [-0.2, -0.15) is 0 Å². The highest BCUT2D eigenvalue weighted by Gasteiger charge is 2.04. The Hall–Kier alpha value is 0.250. The lowest BCUT2D eigenvalue weighted by Crippen LogP contribution is -3.11. The number of quaternary nitrogens is 1. The molecule has 0 aliphatic heterocycles. The van der Waals surface area contributed by atoms with Crippen molar-refractivity contribution >= 4 is 0 Å². The van der Waals surface area contributed by atoms with Gasteiger partial charge in [-0.25, -0.2) is 0 Å². The summed E-state index contributed by atoms with van der Waals surface area (Å²) in [4.78, 5) is 1.83. The van der Waals surface area contributed by atoms with E-state index in [2.05, 4.69) is 27.7 Å². The van der Waals surface area contributed by atoms with Crippen LogP contribution in [0.1, 0.15) is 143 Å². The summed E-state index contributed by atoms with van der Waals surface area (Å²) >= 11 is 0. The molecule has 0 aromatic heterocycles. The smallest absolute Gasteiger partial charge is 0.0770 e. The van der Waals surface area contributed by atoms with Crippen LogP contribution in [0.4, 0.5) is 0 Å². The van der Waals surface area contributed by atoms with E-state index in [1.165, 1.54) is 135 Å². The molecule has 172 valence electrons. The van der Waals surface area contributed by atoms with Gasteiger partial charge in [-0.15, -0.1) is 0 Å². The summed E-state index contributed by atoms with van der Waals surface area (Å²) in [5, 5.41) is 0. The Labute approximate surface area is 186 Å². The van der Waals surface area contributed by atoms with Crippen LogP contribution in [0.5, 0.6) is 0 Å². The predicted octanol–water partition coefficient (Wildman–Crippen LogP) is 4.59. The van der Waals surface area contributed by atoms with Crippen molar-refractivity contribution < 1.29 is 17.3 Å². The van der Waals surface area contributed by atoms with Crippen molar-refractivity contribution in [3.8, 4) is 0 Å². The normalized spacial score (nSPS) is 12.3. The second-order valence-electron chi connectivity index (χ2n) is 9.44. The lowest BCUT2D eigenvalue weighted by atomic mass is 10.0. The summed E-state index contributed by atoms with van der Waals surface area (Å²) in [7, 11) is 0. The van der Waals surface area contributed by atoms with Crippen LogP contribution >= 0.6 is 0 Å². The van der Waals surface area contributed by atoms with Crippen molar-refractivity contribution in [2.24, 2.45) is 5.92 Å². The van der Waals surface area contributed by atoms with Crippen LogP contribution in [0, 0.1) is 5.92 Å². The molecule has 1 unspecified atom stereocenters. The Balaban J connectivity index is 0. The fraction of sp³-hybridized carbons (Fsp3) is 1.00. The lowest BCUT2D eigenvalue weighted by molar-refractivity contribution is -0.898. The second kappa shape index (κ2) is 25.3. The first-order chi connectivity index (χ1) is 13.2. The molecule has 2 heteroatoms. The average Bonchev–Trinajstić information content (AvgIpc) is 2.66. The molecule has 0 fully saturated rings. The van der Waals surface area contributed by atoms with E-state index in [0.29, 0.717) is 0 Å². The highest BCUT2D eigenvalue weighted by atomic mass is 35.5. The molecule has 0 aliphatic carbocycles. The van der Waals surface area contributed by atoms with Crippen molar-refractivity contribution in [2.75, 3.05) is 19.6 Å². The van der Waals surface area contributed by atoms with E-state index >= 15 is 0 Å². The van der Waals surface area contributed by atoms with Crippen molar-refractivity contribution in [3.63, 3.8) is 0 Å². The number of halogens is 1. The first kappa shape index (κ1) is 30.4. The van der Waals surface area contributed by atoms with E-state index in [0.717, 1.165) is 5.92 Å². The van der Waals surface area contributed by atoms with Crippen LogP contribution in [0.25, 0.3) is 0 Å². The summed E-state index contributed by atoms with van der Waals surface area (Å²) < 4.78 is 0. The molecule has 1 atom stereocenters. The number of rotatable bonds is 22. The van der Waals surface area contributed by atoms with Gasteiger partial charge in [0.1, 0.15) is 0 Å². The first-order valence-electron chi connectivity index (χ1n) is 13.0. The van der Waals surface area contributed by atoms with Gasteiger partial charge in [-0.1, -0.05) is 117 Å². The van der Waals surface area contributed by atoms with E-state index < -0.39 is 0 Å². The van der Waals surface area contributed by atoms with Crippen LogP contribution in [-0.4, -0.2) is 19.6 Å². The maximum atomic E-state index is 2.35. The Morgan fingerprint density at radius 1 is 0.500 bits per heavy atom. The zero-order valence-electron chi connectivity index (χ0n) is 20.3. The van der Waals surface area contributed by atoms with Gasteiger partial charge in [0.2, 0.25) is 0 Å². The number of nitrogens with one attached hydrogen (secondary N) is 1. The van der Waals surface area contributed by atoms with Crippen molar-refractivity contribution in [1.82, 2.24) is 0 Å². The fourth-order valence-corrected chi connectivity index (χ4v) is 4.13. The molecule has 0 bridgehead atoms. The minimum Gasteiger partial charge on any atom is -1.00 e. The van der Waals surface area contributed by atoms with Gasteiger partial charge in [0.25, 0.3) is 0 Å². The molecule has 28 heavy (non-hydrogen) atoms. The monoisotopic (exact) mass is 417 g/mol. The molecular formula is C26H56ClN. The Morgan fingerprint density at radius 2 is 0.857 bits per heavy atom. The number of hydrogen-bond acceptors (Lipinski definition) is 0. The largest absolute Gasteiger partial charge is 1.00 e. The molecule has 0 amide bonds. The van der Waals surface area contributed by atoms with Gasteiger partial charge in [0, 0.05) is 0 Å². The highest BCUT2D eigenvalue weighted by Crippen LogP contribution is 2.14. The molecule has 0 heterocycles. The van der Waals surface area contributed by atoms with Gasteiger partial charge in [0.05, 0.1) is 19.6 Å². The predicted molar refractivity (Wildman–Crippen MR) is 125 cm³/mol. The molecule has 0 saturated carbocycles. The maximum Gasteiger partial charge on any atom is 0.0770 e. The summed E-state index contributed by atoms with van der Waals surface area (Å²) in [6.45, 7) is 13.5. The van der Waals surface area contributed by atoms with Gasteiger partial charge in [-0.3, -0.25) is 0 Å². The zero-order valence-corrected chi connectivity index (χ0v) is 21.1. The first-order valence-corrected chi connectivity index (χ1v) is 13.0. The summed E-state index contributed by atoms with van der Waals surface area (Å²) in [6, 6.07) is 0. The minimum absolute atomic E-state index is 0. The molecule has 0 aromatic rings. The Kier molecular flexibility index (Phi) is 27.5. The van der Waals surface area contributed by atoms with Crippen LogP contribution in [0.15, 0.2) is 0 Å². The Morgan fingerprint density at radius 3 is 1.21 bits per heavy atom. The van der Waals surface area contributed by atoms with E-state index in [-0.39, 0.29) is 12.4 Å². The lowest BCUT2D eigenvalue weighted by Gasteiger charge is -2.17. The zero-order chi connectivity index (χ0) is 20.0. The number of hydrogen-bond donors (Lipinski definition) is 1. The van der Waals surface area contributed by atoms with Crippen LogP contribution in [0.3, 0.4) is 0 Å². The van der Waals surface area contributed by atoms with Crippen LogP contribution in [0.2, 0.25) is 0 Å². The summed E-state index contributed by atoms with van der Waals surface area (Å²) in [5.41, 5.74) is 0. The van der Waals surface area contributed by atoms with Gasteiger partial charge >= 0.3 is 0 Å². The minimum atomic E-state index is 0. The SMILES string of the molecule is CCCC[NH+](CC)CCCCCCCCCCCCCCCCCC(C)C.[Cl-]. The van der Waals surface area contributed by atoms with E-state index in [9.17, 15) is 0 Å². The quantitative estimate of drug-likeness (QED) is 0.246. The molecule has 0 radical (unpaired) electrons. The second-order valence-corrected chi connectivity index (χ2v) is 9.44. The molecule has 1 nitrogen and oxygen atoms in total.